The molecule has 1 saturated carbocycles. The van der Waals surface area contributed by atoms with Crippen molar-refractivity contribution in [1.29, 1.82) is 0 Å². The highest BCUT2D eigenvalue weighted by molar-refractivity contribution is 5.71. The molecule has 1 fully saturated rings. The van der Waals surface area contributed by atoms with Crippen molar-refractivity contribution >= 4 is 5.97 Å². The van der Waals surface area contributed by atoms with E-state index < -0.39 is 0 Å². The lowest BCUT2D eigenvalue weighted by Gasteiger charge is -2.42. The lowest BCUT2D eigenvalue weighted by atomic mass is 9.74. The Bertz CT molecular complexity index is 649. The molecule has 120 valence electrons. The van der Waals surface area contributed by atoms with Crippen LogP contribution in [0.15, 0.2) is 48.7 Å². The predicted octanol–water partition coefficient (Wildman–Crippen LogP) is 3.32. The highest BCUT2D eigenvalue weighted by Crippen LogP contribution is 2.35. The molecular weight excluding hydrogens is 288 g/mol. The summed E-state index contributed by atoms with van der Waals surface area (Å²) in [5.74, 6) is -0.136. The van der Waals surface area contributed by atoms with E-state index >= 15 is 0 Å². The Kier molecular flexibility index (Phi) is 4.72. The Hall–Kier alpha value is -2.20. The highest BCUT2D eigenvalue weighted by atomic mass is 16.5. The molecule has 0 aliphatic heterocycles. The van der Waals surface area contributed by atoms with Crippen LogP contribution in [0.3, 0.4) is 0 Å². The molecule has 1 heterocycles. The number of methoxy groups -OCH3 is 1. The first kappa shape index (κ1) is 15.7. The van der Waals surface area contributed by atoms with Crippen LogP contribution in [-0.2, 0) is 16.1 Å². The van der Waals surface area contributed by atoms with E-state index in [4.69, 9.17) is 4.74 Å². The van der Waals surface area contributed by atoms with E-state index in [9.17, 15) is 4.79 Å². The van der Waals surface area contributed by atoms with Crippen molar-refractivity contribution in [2.75, 3.05) is 7.11 Å². The Morgan fingerprint density at radius 3 is 2.57 bits per heavy atom. The number of aromatic nitrogens is 1. The zero-order valence-electron chi connectivity index (χ0n) is 13.4. The van der Waals surface area contributed by atoms with E-state index in [1.807, 2.05) is 18.2 Å². The number of nitrogens with zero attached hydrogens (tertiary/aromatic N) is 1. The number of hydrogen-bond acceptors (Lipinski definition) is 4. The summed E-state index contributed by atoms with van der Waals surface area (Å²) in [6.45, 7) is 0.763. The number of pyridine rings is 1. The summed E-state index contributed by atoms with van der Waals surface area (Å²) >= 11 is 0. The van der Waals surface area contributed by atoms with Crippen LogP contribution >= 0.6 is 0 Å². The van der Waals surface area contributed by atoms with Crippen LogP contribution in [0.1, 0.15) is 31.2 Å². The molecule has 2 aromatic rings. The van der Waals surface area contributed by atoms with Crippen molar-refractivity contribution in [2.45, 2.75) is 37.8 Å². The summed E-state index contributed by atoms with van der Waals surface area (Å²) in [5.41, 5.74) is 3.23. The average molecular weight is 310 g/mol. The van der Waals surface area contributed by atoms with Crippen molar-refractivity contribution < 1.29 is 9.53 Å². The molecule has 1 aromatic heterocycles. The molecule has 0 amide bonds. The molecule has 0 radical (unpaired) electrons. The molecule has 1 N–H and O–H groups in total. The van der Waals surface area contributed by atoms with Crippen LogP contribution < -0.4 is 5.32 Å². The highest BCUT2D eigenvalue weighted by Gasteiger charge is 2.38. The van der Waals surface area contributed by atoms with E-state index in [-0.39, 0.29) is 11.5 Å². The second-order valence-electron chi connectivity index (χ2n) is 6.15. The molecule has 0 unspecified atom stereocenters. The van der Waals surface area contributed by atoms with Crippen molar-refractivity contribution in [1.82, 2.24) is 10.3 Å². The van der Waals surface area contributed by atoms with Crippen LogP contribution in [0, 0.1) is 0 Å². The molecule has 0 atom stereocenters. The van der Waals surface area contributed by atoms with E-state index in [0.717, 1.165) is 30.6 Å². The second-order valence-corrected chi connectivity index (χ2v) is 6.15. The largest absolute Gasteiger partial charge is 0.469 e. The standard InChI is InChI=1S/C19H22N2O2/c1-23-18(22)13-19(10-4-11-19)21-14-15-6-8-16(9-7-15)17-5-2-3-12-20-17/h2-3,5-9,12,21H,4,10-11,13-14H2,1H3. The summed E-state index contributed by atoms with van der Waals surface area (Å²) in [6, 6.07) is 14.3. The van der Waals surface area contributed by atoms with Crippen LogP contribution in [0.5, 0.6) is 0 Å². The Morgan fingerprint density at radius 1 is 1.22 bits per heavy atom. The Morgan fingerprint density at radius 2 is 2.00 bits per heavy atom. The van der Waals surface area contributed by atoms with Crippen molar-refractivity contribution in [3.63, 3.8) is 0 Å². The molecule has 23 heavy (non-hydrogen) atoms. The third-order valence-corrected chi connectivity index (χ3v) is 4.60. The summed E-state index contributed by atoms with van der Waals surface area (Å²) in [7, 11) is 1.45. The van der Waals surface area contributed by atoms with Gasteiger partial charge in [-0.15, -0.1) is 0 Å². The molecule has 1 aliphatic carbocycles. The summed E-state index contributed by atoms with van der Waals surface area (Å²) in [4.78, 5) is 15.9. The van der Waals surface area contributed by atoms with Gasteiger partial charge in [0.1, 0.15) is 0 Å². The fourth-order valence-electron chi connectivity index (χ4n) is 2.98. The SMILES string of the molecule is COC(=O)CC1(NCc2ccc(-c3ccccn3)cc2)CCC1. The number of carbonyl (C=O) groups is 1. The maximum absolute atomic E-state index is 11.6. The van der Waals surface area contributed by atoms with Gasteiger partial charge < -0.3 is 10.1 Å². The number of nitrogens with one attached hydrogen (secondary N) is 1. The van der Waals surface area contributed by atoms with Crippen molar-refractivity contribution in [3.05, 3.63) is 54.2 Å². The smallest absolute Gasteiger partial charge is 0.307 e. The Labute approximate surface area is 136 Å². The van der Waals surface area contributed by atoms with Gasteiger partial charge in [-0.05, 0) is 37.0 Å². The predicted molar refractivity (Wildman–Crippen MR) is 89.7 cm³/mol. The van der Waals surface area contributed by atoms with E-state index in [0.29, 0.717) is 6.42 Å². The minimum atomic E-state index is -0.136. The average Bonchev–Trinajstić information content (AvgIpc) is 2.58. The molecule has 1 aromatic carbocycles. The molecule has 3 rings (SSSR count). The molecule has 4 heteroatoms. The molecular formula is C19H22N2O2. The Balaban J connectivity index is 1.61. The summed E-state index contributed by atoms with van der Waals surface area (Å²) < 4.78 is 4.81. The van der Waals surface area contributed by atoms with Gasteiger partial charge in [0, 0.05) is 23.8 Å². The van der Waals surface area contributed by atoms with Gasteiger partial charge in [0.15, 0.2) is 0 Å². The maximum Gasteiger partial charge on any atom is 0.307 e. The summed E-state index contributed by atoms with van der Waals surface area (Å²) in [5, 5.41) is 3.56. The van der Waals surface area contributed by atoms with Gasteiger partial charge >= 0.3 is 5.97 Å². The quantitative estimate of drug-likeness (QED) is 0.832. The number of rotatable bonds is 6. The fourth-order valence-corrected chi connectivity index (χ4v) is 2.98. The number of ether oxygens (including phenoxy) is 1. The molecule has 0 bridgehead atoms. The van der Waals surface area contributed by atoms with Gasteiger partial charge in [-0.2, -0.15) is 0 Å². The second kappa shape index (κ2) is 6.92. The van der Waals surface area contributed by atoms with Gasteiger partial charge in [-0.1, -0.05) is 30.3 Å². The lowest BCUT2D eigenvalue weighted by Crippen LogP contribution is -2.52. The summed E-state index contributed by atoms with van der Waals surface area (Å²) in [6.07, 6.45) is 5.50. The molecule has 0 spiro atoms. The van der Waals surface area contributed by atoms with Crippen molar-refractivity contribution in [2.24, 2.45) is 0 Å². The van der Waals surface area contributed by atoms with Crippen LogP contribution in [0.2, 0.25) is 0 Å². The van der Waals surface area contributed by atoms with Gasteiger partial charge in [0.25, 0.3) is 0 Å². The van der Waals surface area contributed by atoms with E-state index in [2.05, 4.69) is 34.6 Å². The van der Waals surface area contributed by atoms with E-state index in [1.54, 1.807) is 6.20 Å². The maximum atomic E-state index is 11.6. The van der Waals surface area contributed by atoms with E-state index in [1.165, 1.54) is 19.1 Å². The van der Waals surface area contributed by atoms with Crippen LogP contribution in [0.25, 0.3) is 11.3 Å². The zero-order chi connectivity index (χ0) is 16.1. The monoisotopic (exact) mass is 310 g/mol. The first-order chi connectivity index (χ1) is 11.2. The fraction of sp³-hybridized carbons (Fsp3) is 0.368. The van der Waals surface area contributed by atoms with Gasteiger partial charge in [0.05, 0.1) is 19.2 Å². The van der Waals surface area contributed by atoms with Crippen LogP contribution in [-0.4, -0.2) is 23.6 Å². The third-order valence-electron chi connectivity index (χ3n) is 4.60. The number of benzene rings is 1. The zero-order valence-corrected chi connectivity index (χ0v) is 13.4. The normalized spacial score (nSPS) is 15.7. The number of esters is 1. The van der Waals surface area contributed by atoms with Gasteiger partial charge in [-0.25, -0.2) is 0 Å². The van der Waals surface area contributed by atoms with Gasteiger partial charge in [-0.3, -0.25) is 9.78 Å². The van der Waals surface area contributed by atoms with Gasteiger partial charge in [0.2, 0.25) is 0 Å². The lowest BCUT2D eigenvalue weighted by molar-refractivity contribution is -0.143. The number of carbonyl (C=O) groups excluding carboxylic acids is 1. The molecule has 4 nitrogen and oxygen atoms in total. The molecule has 1 aliphatic rings. The third kappa shape index (κ3) is 3.77. The minimum absolute atomic E-state index is 0.0766. The number of hydrogen-bond donors (Lipinski definition) is 1. The van der Waals surface area contributed by atoms with Crippen LogP contribution in [0.4, 0.5) is 0 Å². The first-order valence-electron chi connectivity index (χ1n) is 8.03. The minimum Gasteiger partial charge on any atom is -0.469 e. The first-order valence-corrected chi connectivity index (χ1v) is 8.03. The topological polar surface area (TPSA) is 51.2 Å². The van der Waals surface area contributed by atoms with Crippen molar-refractivity contribution in [3.8, 4) is 11.3 Å². The molecule has 0 saturated heterocycles.